The maximum atomic E-state index is 11.9. The molecular formula is C13H22N2O6. The van der Waals surface area contributed by atoms with Crippen LogP contribution < -0.4 is 10.6 Å². The van der Waals surface area contributed by atoms with Crippen molar-refractivity contribution in [2.45, 2.75) is 38.5 Å². The van der Waals surface area contributed by atoms with Gasteiger partial charge in [-0.15, -0.1) is 6.58 Å². The number of carbonyl (C=O) groups excluding carboxylic acids is 3. The molecule has 0 unspecified atom stereocenters. The van der Waals surface area contributed by atoms with Gasteiger partial charge in [0.05, 0.1) is 13.7 Å². The van der Waals surface area contributed by atoms with E-state index in [4.69, 9.17) is 9.84 Å². The van der Waals surface area contributed by atoms with E-state index in [0.29, 0.717) is 0 Å². The number of esters is 1. The van der Waals surface area contributed by atoms with Crippen LogP contribution in [0.4, 0.5) is 4.79 Å². The van der Waals surface area contributed by atoms with E-state index >= 15 is 0 Å². The summed E-state index contributed by atoms with van der Waals surface area (Å²) in [7, 11) is 1.16. The molecule has 0 rings (SSSR count). The number of carbonyl (C=O) groups is 3. The molecule has 0 spiro atoms. The summed E-state index contributed by atoms with van der Waals surface area (Å²) in [6.45, 7) is 7.71. The van der Waals surface area contributed by atoms with E-state index in [9.17, 15) is 14.4 Å². The van der Waals surface area contributed by atoms with Crippen molar-refractivity contribution in [3.63, 3.8) is 0 Å². The van der Waals surface area contributed by atoms with E-state index in [2.05, 4.69) is 21.9 Å². The summed E-state index contributed by atoms with van der Waals surface area (Å²) in [4.78, 5) is 34.7. The molecule has 0 aliphatic rings. The number of alkyl carbamates (subject to hydrolysis) is 1. The summed E-state index contributed by atoms with van der Waals surface area (Å²) in [6.07, 6.45) is 0.316. The number of rotatable bonds is 6. The quantitative estimate of drug-likeness (QED) is 0.459. The zero-order valence-corrected chi connectivity index (χ0v) is 12.6. The van der Waals surface area contributed by atoms with Gasteiger partial charge in [-0.2, -0.15) is 0 Å². The SMILES string of the molecule is C=C[C@H](NC(=O)[C@H](CO)NC(=O)OC(C)(C)C)C(=O)OC. The molecule has 0 aliphatic carbocycles. The van der Waals surface area contributed by atoms with Crippen molar-refractivity contribution >= 4 is 18.0 Å². The zero-order chi connectivity index (χ0) is 16.6. The molecule has 3 N–H and O–H groups in total. The second kappa shape index (κ2) is 8.25. The predicted octanol–water partition coefficient (Wildman–Crippen LogP) is -0.284. The molecule has 0 aliphatic heterocycles. The Kier molecular flexibility index (Phi) is 7.43. The van der Waals surface area contributed by atoms with E-state index in [1.54, 1.807) is 20.8 Å². The molecule has 8 nitrogen and oxygen atoms in total. The first-order valence-electron chi connectivity index (χ1n) is 6.25. The van der Waals surface area contributed by atoms with Crippen molar-refractivity contribution < 1.29 is 29.0 Å². The van der Waals surface area contributed by atoms with Crippen molar-refractivity contribution in [2.24, 2.45) is 0 Å². The topological polar surface area (TPSA) is 114 Å². The van der Waals surface area contributed by atoms with Gasteiger partial charge in [-0.25, -0.2) is 9.59 Å². The summed E-state index contributed by atoms with van der Waals surface area (Å²) < 4.78 is 9.43. The van der Waals surface area contributed by atoms with Crippen LogP contribution in [-0.4, -0.2) is 54.5 Å². The van der Waals surface area contributed by atoms with E-state index in [1.807, 2.05) is 0 Å². The van der Waals surface area contributed by atoms with Crippen molar-refractivity contribution in [3.05, 3.63) is 12.7 Å². The molecule has 2 atom stereocenters. The lowest BCUT2D eigenvalue weighted by molar-refractivity contribution is -0.143. The maximum Gasteiger partial charge on any atom is 0.408 e. The Hall–Kier alpha value is -2.09. The predicted molar refractivity (Wildman–Crippen MR) is 74.4 cm³/mol. The monoisotopic (exact) mass is 302 g/mol. The van der Waals surface area contributed by atoms with Crippen LogP contribution >= 0.6 is 0 Å². The fourth-order valence-electron chi connectivity index (χ4n) is 1.24. The van der Waals surface area contributed by atoms with Gasteiger partial charge in [-0.3, -0.25) is 4.79 Å². The van der Waals surface area contributed by atoms with Crippen LogP contribution in [0.2, 0.25) is 0 Å². The molecule has 21 heavy (non-hydrogen) atoms. The molecule has 0 radical (unpaired) electrons. The highest BCUT2D eigenvalue weighted by atomic mass is 16.6. The third kappa shape index (κ3) is 7.31. The first-order valence-corrected chi connectivity index (χ1v) is 6.25. The molecule has 8 heteroatoms. The average molecular weight is 302 g/mol. The lowest BCUT2D eigenvalue weighted by Crippen LogP contribution is -2.53. The summed E-state index contributed by atoms with van der Waals surface area (Å²) in [6, 6.07) is -2.33. The van der Waals surface area contributed by atoms with Gasteiger partial charge in [-0.1, -0.05) is 6.08 Å². The van der Waals surface area contributed by atoms with Crippen LogP contribution in [0.5, 0.6) is 0 Å². The van der Waals surface area contributed by atoms with Crippen LogP contribution in [0.25, 0.3) is 0 Å². The van der Waals surface area contributed by atoms with Crippen molar-refractivity contribution in [3.8, 4) is 0 Å². The van der Waals surface area contributed by atoms with Crippen LogP contribution in [0, 0.1) is 0 Å². The Morgan fingerprint density at radius 3 is 2.24 bits per heavy atom. The van der Waals surface area contributed by atoms with Gasteiger partial charge in [0.2, 0.25) is 5.91 Å². The molecule has 0 aromatic heterocycles. The van der Waals surface area contributed by atoms with Gasteiger partial charge >= 0.3 is 12.1 Å². The Morgan fingerprint density at radius 1 is 1.29 bits per heavy atom. The minimum absolute atomic E-state index is 0.657. The van der Waals surface area contributed by atoms with E-state index in [0.717, 1.165) is 7.11 Å². The highest BCUT2D eigenvalue weighted by molar-refractivity contribution is 5.90. The largest absolute Gasteiger partial charge is 0.467 e. The van der Waals surface area contributed by atoms with Crippen LogP contribution in [0.15, 0.2) is 12.7 Å². The summed E-state index contributed by atoms with van der Waals surface area (Å²) in [5, 5.41) is 13.6. The van der Waals surface area contributed by atoms with Crippen molar-refractivity contribution in [2.75, 3.05) is 13.7 Å². The number of ether oxygens (including phenoxy) is 2. The standard InChI is InChI=1S/C13H22N2O6/c1-6-8(11(18)20-5)14-10(17)9(7-16)15-12(19)21-13(2,3)4/h6,8-9,16H,1,7H2,2-5H3,(H,14,17)(H,15,19)/t8-,9-/m0/s1. The Bertz CT molecular complexity index is 402. The highest BCUT2D eigenvalue weighted by Gasteiger charge is 2.26. The minimum Gasteiger partial charge on any atom is -0.467 e. The summed E-state index contributed by atoms with van der Waals surface area (Å²) in [5.41, 5.74) is -0.740. The van der Waals surface area contributed by atoms with Crippen LogP contribution in [-0.2, 0) is 19.1 Å². The number of methoxy groups -OCH3 is 1. The summed E-state index contributed by atoms with van der Waals surface area (Å²) >= 11 is 0. The number of hydrogen-bond donors (Lipinski definition) is 3. The fourth-order valence-corrected chi connectivity index (χ4v) is 1.24. The molecule has 0 aromatic rings. The molecule has 0 fully saturated rings. The van der Waals surface area contributed by atoms with E-state index in [1.165, 1.54) is 6.08 Å². The zero-order valence-electron chi connectivity index (χ0n) is 12.6. The van der Waals surface area contributed by atoms with Crippen LogP contribution in [0.3, 0.4) is 0 Å². The smallest absolute Gasteiger partial charge is 0.408 e. The van der Waals surface area contributed by atoms with Crippen molar-refractivity contribution in [1.82, 2.24) is 10.6 Å². The molecule has 0 heterocycles. The van der Waals surface area contributed by atoms with Gasteiger partial charge in [0.15, 0.2) is 0 Å². The van der Waals surface area contributed by atoms with Crippen molar-refractivity contribution in [1.29, 1.82) is 0 Å². The molecule has 2 amide bonds. The van der Waals surface area contributed by atoms with Gasteiger partial charge in [0.25, 0.3) is 0 Å². The molecule has 0 saturated carbocycles. The number of amides is 2. The molecule has 0 aromatic carbocycles. The van der Waals surface area contributed by atoms with Gasteiger partial charge in [0, 0.05) is 0 Å². The second-order valence-corrected chi connectivity index (χ2v) is 5.13. The van der Waals surface area contributed by atoms with Gasteiger partial charge < -0.3 is 25.2 Å². The minimum atomic E-state index is -1.26. The third-order valence-corrected chi connectivity index (χ3v) is 2.18. The molecule has 120 valence electrons. The Labute approximate surface area is 123 Å². The number of aliphatic hydroxyl groups excluding tert-OH is 1. The first kappa shape index (κ1) is 18.9. The molecule has 0 bridgehead atoms. The van der Waals surface area contributed by atoms with Gasteiger partial charge in [0.1, 0.15) is 17.7 Å². The molecule has 0 saturated heterocycles. The number of nitrogens with one attached hydrogen (secondary N) is 2. The Morgan fingerprint density at radius 2 is 1.86 bits per heavy atom. The normalized spacial score (nSPS) is 13.6. The lowest BCUT2D eigenvalue weighted by atomic mass is 10.2. The first-order chi connectivity index (χ1) is 9.64. The molecular weight excluding hydrogens is 280 g/mol. The van der Waals surface area contributed by atoms with Gasteiger partial charge in [-0.05, 0) is 20.8 Å². The third-order valence-electron chi connectivity index (χ3n) is 2.18. The van der Waals surface area contributed by atoms with Crippen LogP contribution in [0.1, 0.15) is 20.8 Å². The fraction of sp³-hybridized carbons (Fsp3) is 0.615. The average Bonchev–Trinajstić information content (AvgIpc) is 2.38. The number of aliphatic hydroxyl groups is 1. The number of hydrogen-bond acceptors (Lipinski definition) is 6. The highest BCUT2D eigenvalue weighted by Crippen LogP contribution is 2.06. The second-order valence-electron chi connectivity index (χ2n) is 5.13. The maximum absolute atomic E-state index is 11.9. The summed E-state index contributed by atoms with van der Waals surface area (Å²) in [5.74, 6) is -1.48. The Balaban J connectivity index is 4.65. The lowest BCUT2D eigenvalue weighted by Gasteiger charge is -2.23. The van der Waals surface area contributed by atoms with E-state index in [-0.39, 0.29) is 0 Å². The van der Waals surface area contributed by atoms with E-state index < -0.39 is 42.3 Å².